The lowest BCUT2D eigenvalue weighted by atomic mass is 9.99. The van der Waals surface area contributed by atoms with Crippen LogP contribution in [-0.2, 0) is 29.1 Å². The molecule has 252 valence electrons. The van der Waals surface area contributed by atoms with Gasteiger partial charge in [0.2, 0.25) is 11.8 Å². The second-order valence-electron chi connectivity index (χ2n) is 12.2. The van der Waals surface area contributed by atoms with Gasteiger partial charge in [-0.2, -0.15) is 5.01 Å². The summed E-state index contributed by atoms with van der Waals surface area (Å²) in [7, 11) is 3.94. The van der Waals surface area contributed by atoms with Gasteiger partial charge in [0.05, 0.1) is 33.4 Å². The van der Waals surface area contributed by atoms with Gasteiger partial charge >= 0.3 is 6.03 Å². The van der Waals surface area contributed by atoms with Crippen LogP contribution in [0.2, 0.25) is 10.0 Å². The molecule has 6 rings (SSSR count). The Hall–Kier alpha value is -4.10. The zero-order valence-electron chi connectivity index (χ0n) is 27.0. The molecule has 0 saturated carbocycles. The van der Waals surface area contributed by atoms with Gasteiger partial charge in [-0.1, -0.05) is 71.8 Å². The Labute approximate surface area is 293 Å². The van der Waals surface area contributed by atoms with E-state index in [0.29, 0.717) is 41.1 Å². The molecule has 0 radical (unpaired) electrons. The van der Waals surface area contributed by atoms with E-state index >= 15 is 0 Å². The third kappa shape index (κ3) is 6.88. The molecule has 3 N–H and O–H groups in total. The number of carbonyl (C=O) groups is 3. The van der Waals surface area contributed by atoms with Crippen molar-refractivity contribution in [2.24, 2.45) is 0 Å². The number of aromatic nitrogens is 1. The van der Waals surface area contributed by atoms with E-state index in [1.807, 2.05) is 68.4 Å². The van der Waals surface area contributed by atoms with Crippen molar-refractivity contribution in [3.63, 3.8) is 0 Å². The van der Waals surface area contributed by atoms with Crippen LogP contribution in [0, 0.1) is 0 Å². The van der Waals surface area contributed by atoms with Crippen LogP contribution < -0.4 is 16.0 Å². The van der Waals surface area contributed by atoms with Crippen LogP contribution in [0.5, 0.6) is 0 Å². The van der Waals surface area contributed by atoms with Gasteiger partial charge in [-0.05, 0) is 53.4 Å². The van der Waals surface area contributed by atoms with Gasteiger partial charge in [0.1, 0.15) is 12.2 Å². The molecular formula is C34H38Cl2N8O3S. The van der Waals surface area contributed by atoms with Crippen molar-refractivity contribution in [3.8, 4) is 0 Å². The molecule has 2 atom stereocenters. The minimum atomic E-state index is -0.756. The highest BCUT2D eigenvalue weighted by Crippen LogP contribution is 2.33. The predicted octanol–water partition coefficient (Wildman–Crippen LogP) is 5.21. The first-order valence-electron chi connectivity index (χ1n) is 15.8. The molecule has 0 aliphatic carbocycles. The summed E-state index contributed by atoms with van der Waals surface area (Å²) in [4.78, 5) is 51.9. The summed E-state index contributed by atoms with van der Waals surface area (Å²) < 4.78 is 0.944. The zero-order chi connectivity index (χ0) is 34.1. The molecule has 3 heterocycles. The highest BCUT2D eigenvalue weighted by atomic mass is 35.5. The van der Waals surface area contributed by atoms with E-state index in [1.165, 1.54) is 11.3 Å². The van der Waals surface area contributed by atoms with Crippen molar-refractivity contribution in [1.29, 1.82) is 0 Å². The normalized spacial score (nSPS) is 18.0. The van der Waals surface area contributed by atoms with Crippen molar-refractivity contribution in [2.45, 2.75) is 45.1 Å². The van der Waals surface area contributed by atoms with E-state index in [1.54, 1.807) is 38.0 Å². The molecule has 0 spiro atoms. The predicted molar refractivity (Wildman–Crippen MR) is 191 cm³/mol. The van der Waals surface area contributed by atoms with E-state index in [9.17, 15) is 14.4 Å². The first-order chi connectivity index (χ1) is 23.0. The number of fused-ring (bicyclic) bond motifs is 2. The molecule has 2 aliphatic heterocycles. The lowest BCUT2D eigenvalue weighted by Crippen LogP contribution is -2.66. The summed E-state index contributed by atoms with van der Waals surface area (Å²) >= 11 is 13.7. The van der Waals surface area contributed by atoms with Crippen molar-refractivity contribution in [3.05, 3.63) is 87.4 Å². The van der Waals surface area contributed by atoms with Crippen LogP contribution in [-0.4, -0.2) is 88.6 Å². The quantitative estimate of drug-likeness (QED) is 0.232. The number of nitrogens with one attached hydrogen (secondary N) is 1. The van der Waals surface area contributed by atoms with Gasteiger partial charge < -0.3 is 25.8 Å². The number of rotatable bonds is 10. The number of piperazine rings is 1. The van der Waals surface area contributed by atoms with Crippen LogP contribution in [0.3, 0.4) is 0 Å². The topological polar surface area (TPSA) is 118 Å². The van der Waals surface area contributed by atoms with Gasteiger partial charge in [0.25, 0.3) is 0 Å². The third-order valence-corrected chi connectivity index (χ3v) is 10.3. The molecule has 1 aromatic heterocycles. The summed E-state index contributed by atoms with van der Waals surface area (Å²) in [6.45, 7) is 3.07. The molecule has 2 fully saturated rings. The summed E-state index contributed by atoms with van der Waals surface area (Å²) in [5, 5.41) is 7.67. The molecule has 4 amide bonds. The molecule has 11 nitrogen and oxygen atoms in total. The fourth-order valence-corrected chi connectivity index (χ4v) is 7.48. The Morgan fingerprint density at radius 1 is 1.06 bits per heavy atom. The fraction of sp³-hybridized carbons (Fsp3) is 0.353. The minimum absolute atomic E-state index is 0.0275. The van der Waals surface area contributed by atoms with Gasteiger partial charge in [0.15, 0.2) is 5.13 Å². The number of carbonyl (C=O) groups excluding carboxylic acids is 3. The maximum atomic E-state index is 14.3. The number of hydrogen-bond donors (Lipinski definition) is 2. The van der Waals surface area contributed by atoms with Gasteiger partial charge in [-0.3, -0.25) is 14.6 Å². The monoisotopic (exact) mass is 708 g/mol. The summed E-state index contributed by atoms with van der Waals surface area (Å²) in [5.41, 5.74) is 10.4. The van der Waals surface area contributed by atoms with Crippen LogP contribution in [0.1, 0.15) is 30.0 Å². The molecule has 2 aliphatic rings. The fourth-order valence-electron chi connectivity index (χ4n) is 6.38. The van der Waals surface area contributed by atoms with Gasteiger partial charge in [-0.15, -0.1) is 0 Å². The minimum Gasteiger partial charge on any atom is -0.378 e. The molecule has 2 saturated heterocycles. The van der Waals surface area contributed by atoms with Crippen molar-refractivity contribution < 1.29 is 14.4 Å². The number of nitrogens with two attached hydrogens (primary N) is 1. The smallest absolute Gasteiger partial charge is 0.332 e. The van der Waals surface area contributed by atoms with E-state index in [2.05, 4.69) is 10.3 Å². The van der Waals surface area contributed by atoms with Crippen molar-refractivity contribution in [2.75, 3.05) is 44.4 Å². The van der Waals surface area contributed by atoms with Crippen molar-refractivity contribution >= 4 is 73.4 Å². The zero-order valence-corrected chi connectivity index (χ0v) is 29.4. The molecule has 3 aromatic carbocycles. The second kappa shape index (κ2) is 14.2. The van der Waals surface area contributed by atoms with Crippen LogP contribution >= 0.6 is 34.5 Å². The number of hydrogen-bond acceptors (Lipinski definition) is 8. The maximum Gasteiger partial charge on any atom is 0.332 e. The maximum absolute atomic E-state index is 14.3. The number of nitrogen functional groups attached to an aromatic ring is 1. The molecule has 0 bridgehead atoms. The number of halogens is 2. The number of amides is 4. The summed E-state index contributed by atoms with van der Waals surface area (Å²) in [6.07, 6.45) is 0.447. The van der Waals surface area contributed by atoms with E-state index < -0.39 is 12.2 Å². The van der Waals surface area contributed by atoms with Gasteiger partial charge in [0, 0.05) is 45.8 Å². The highest BCUT2D eigenvalue weighted by molar-refractivity contribution is 7.22. The molecule has 4 aromatic rings. The number of urea groups is 1. The lowest BCUT2D eigenvalue weighted by molar-refractivity contribution is -0.157. The molecule has 0 unspecified atom stereocenters. The highest BCUT2D eigenvalue weighted by Gasteiger charge is 2.52. The molecule has 14 heteroatoms. The average molecular weight is 710 g/mol. The number of hydrazine groups is 1. The number of thiazole rings is 1. The Bertz CT molecular complexity index is 1830. The number of benzene rings is 3. The Balaban J connectivity index is 1.30. The first-order valence-corrected chi connectivity index (χ1v) is 17.4. The Morgan fingerprint density at radius 2 is 1.81 bits per heavy atom. The average Bonchev–Trinajstić information content (AvgIpc) is 3.61. The van der Waals surface area contributed by atoms with E-state index in [4.69, 9.17) is 28.9 Å². The van der Waals surface area contributed by atoms with Crippen LogP contribution in [0.25, 0.3) is 10.2 Å². The summed E-state index contributed by atoms with van der Waals surface area (Å²) in [5.74, 6) is -0.347. The van der Waals surface area contributed by atoms with Crippen molar-refractivity contribution in [1.82, 2.24) is 30.1 Å². The lowest BCUT2D eigenvalue weighted by Gasteiger charge is -2.46. The van der Waals surface area contributed by atoms with Crippen LogP contribution in [0.15, 0.2) is 60.7 Å². The van der Waals surface area contributed by atoms with E-state index in [-0.39, 0.29) is 37.5 Å². The Kier molecular flexibility index (Phi) is 9.98. The molecular weight excluding hydrogens is 671 g/mol. The SMILES string of the molecule is CCCN(C(=O)NCc1ccc(Cl)c(Cl)c1)N1CC(=O)N2[C@@H](Cc3ccc(N(C)C)cc3)C(=O)N(Cc3cccc4sc(N)nc34)C[C@@H]21. The Morgan fingerprint density at radius 3 is 2.52 bits per heavy atom. The number of nitrogens with zero attached hydrogens (tertiary/aromatic N) is 6. The second-order valence-corrected chi connectivity index (χ2v) is 14.1. The largest absolute Gasteiger partial charge is 0.378 e. The van der Waals surface area contributed by atoms with E-state index in [0.717, 1.165) is 32.6 Å². The number of anilines is 2. The van der Waals surface area contributed by atoms with Gasteiger partial charge in [-0.25, -0.2) is 9.78 Å². The van der Waals surface area contributed by atoms with Crippen LogP contribution in [0.4, 0.5) is 15.6 Å². The molecule has 48 heavy (non-hydrogen) atoms. The first kappa shape index (κ1) is 33.8. The summed E-state index contributed by atoms with van der Waals surface area (Å²) in [6, 6.07) is 17.9. The number of para-hydroxylation sites is 1. The third-order valence-electron chi connectivity index (χ3n) is 8.74. The standard InChI is InChI=1S/C34H38Cl2N8O3S/c1-4-14-42(34(47)38-17-22-10-13-25(35)26(36)15-22)43-20-30(45)44-27(16-21-8-11-24(12-9-21)40(2)3)32(46)41(19-29(43)44)18-23-6-5-7-28-31(23)39-33(37)48-28/h5-13,15,27,29H,4,14,16-20H2,1-3H3,(H2,37,39)(H,38,47)/t27-,29+/m0/s1.